The molecule has 2 aromatic heterocycles. The van der Waals surface area contributed by atoms with Crippen LogP contribution in [0.15, 0.2) is 33.0 Å². The monoisotopic (exact) mass is 468 g/mol. The minimum absolute atomic E-state index is 0.0479. The SMILES string of the molecule is CCOC(=O)Cn1c(=NC(=O)c2ccc(Br)s2)sc2cc3c(cc21)OCO3. The van der Waals surface area contributed by atoms with Crippen LogP contribution in [0.5, 0.6) is 11.5 Å². The van der Waals surface area contributed by atoms with Gasteiger partial charge in [-0.3, -0.25) is 9.59 Å². The highest BCUT2D eigenvalue weighted by atomic mass is 79.9. The molecule has 140 valence electrons. The number of amides is 1. The van der Waals surface area contributed by atoms with Crippen LogP contribution >= 0.6 is 38.6 Å². The molecular formula is C17H13BrN2O5S2. The largest absolute Gasteiger partial charge is 0.465 e. The van der Waals surface area contributed by atoms with Gasteiger partial charge in [0.2, 0.25) is 6.79 Å². The molecule has 0 atom stereocenters. The number of thiazole rings is 1. The Hall–Kier alpha value is -2.17. The second kappa shape index (κ2) is 7.45. The molecule has 3 aromatic rings. The van der Waals surface area contributed by atoms with Gasteiger partial charge in [0.25, 0.3) is 5.91 Å². The Bertz CT molecular complexity index is 1110. The van der Waals surface area contributed by atoms with Crippen LogP contribution < -0.4 is 14.3 Å². The van der Waals surface area contributed by atoms with E-state index in [0.29, 0.717) is 21.2 Å². The third-order valence-electron chi connectivity index (χ3n) is 3.75. The number of fused-ring (bicyclic) bond motifs is 2. The molecule has 7 nitrogen and oxygen atoms in total. The lowest BCUT2D eigenvalue weighted by Gasteiger charge is -2.05. The lowest BCUT2D eigenvalue weighted by molar-refractivity contribution is -0.143. The van der Waals surface area contributed by atoms with Crippen molar-refractivity contribution in [1.29, 1.82) is 0 Å². The Morgan fingerprint density at radius 2 is 2.04 bits per heavy atom. The van der Waals surface area contributed by atoms with Crippen LogP contribution in [0.2, 0.25) is 0 Å². The van der Waals surface area contributed by atoms with Gasteiger partial charge in [-0.25, -0.2) is 0 Å². The van der Waals surface area contributed by atoms with Gasteiger partial charge in [0.05, 0.1) is 25.5 Å². The first-order valence-electron chi connectivity index (χ1n) is 7.98. The van der Waals surface area contributed by atoms with Crippen LogP contribution in [0.1, 0.15) is 16.6 Å². The zero-order valence-corrected chi connectivity index (χ0v) is 17.3. The molecule has 10 heteroatoms. The number of nitrogens with zero attached hydrogens (tertiary/aromatic N) is 2. The molecule has 0 fully saturated rings. The lowest BCUT2D eigenvalue weighted by Crippen LogP contribution is -2.23. The summed E-state index contributed by atoms with van der Waals surface area (Å²) < 4.78 is 19.3. The van der Waals surface area contributed by atoms with Crippen molar-refractivity contribution in [1.82, 2.24) is 4.57 Å². The molecule has 3 heterocycles. The Labute approximate surface area is 169 Å². The fraction of sp³-hybridized carbons (Fsp3) is 0.235. The number of carbonyl (C=O) groups is 2. The highest BCUT2D eigenvalue weighted by Gasteiger charge is 2.19. The number of rotatable bonds is 4. The fourth-order valence-electron chi connectivity index (χ4n) is 2.60. The van der Waals surface area contributed by atoms with Crippen molar-refractivity contribution in [2.75, 3.05) is 13.4 Å². The molecule has 0 saturated heterocycles. The van der Waals surface area contributed by atoms with Gasteiger partial charge < -0.3 is 18.8 Å². The van der Waals surface area contributed by atoms with Crippen molar-refractivity contribution in [2.24, 2.45) is 4.99 Å². The quantitative estimate of drug-likeness (QED) is 0.546. The summed E-state index contributed by atoms with van der Waals surface area (Å²) in [7, 11) is 0. The molecule has 0 N–H and O–H groups in total. The van der Waals surface area contributed by atoms with Gasteiger partial charge in [-0.05, 0) is 35.0 Å². The normalized spacial score (nSPS) is 13.3. The summed E-state index contributed by atoms with van der Waals surface area (Å²) in [5.74, 6) is 0.461. The van der Waals surface area contributed by atoms with Crippen LogP contribution in [-0.2, 0) is 16.1 Å². The average Bonchev–Trinajstić information content (AvgIpc) is 3.33. The van der Waals surface area contributed by atoms with Crippen molar-refractivity contribution in [3.63, 3.8) is 0 Å². The number of halogens is 1. The average molecular weight is 469 g/mol. The van der Waals surface area contributed by atoms with Crippen molar-refractivity contribution < 1.29 is 23.8 Å². The van der Waals surface area contributed by atoms with E-state index in [2.05, 4.69) is 20.9 Å². The number of benzene rings is 1. The second-order valence-corrected chi connectivity index (χ2v) is 8.94. The molecule has 0 bridgehead atoms. The number of hydrogen-bond acceptors (Lipinski definition) is 7. The minimum Gasteiger partial charge on any atom is -0.465 e. The molecule has 0 saturated carbocycles. The van der Waals surface area contributed by atoms with Gasteiger partial charge in [-0.1, -0.05) is 11.3 Å². The van der Waals surface area contributed by atoms with E-state index in [4.69, 9.17) is 14.2 Å². The van der Waals surface area contributed by atoms with E-state index in [1.54, 1.807) is 29.7 Å². The molecule has 1 amide bonds. The van der Waals surface area contributed by atoms with E-state index >= 15 is 0 Å². The fourth-order valence-corrected chi connectivity index (χ4v) is 4.91. The summed E-state index contributed by atoms with van der Waals surface area (Å²) in [6.07, 6.45) is 0. The van der Waals surface area contributed by atoms with E-state index < -0.39 is 5.97 Å². The number of ether oxygens (including phenoxy) is 3. The molecule has 0 spiro atoms. The number of aromatic nitrogens is 1. The highest BCUT2D eigenvalue weighted by Crippen LogP contribution is 2.37. The molecule has 0 radical (unpaired) electrons. The van der Waals surface area contributed by atoms with Crippen LogP contribution in [-0.4, -0.2) is 29.8 Å². The van der Waals surface area contributed by atoms with Crippen molar-refractivity contribution >= 4 is 60.7 Å². The maximum absolute atomic E-state index is 12.5. The van der Waals surface area contributed by atoms with E-state index in [1.165, 1.54) is 22.7 Å². The third kappa shape index (κ3) is 3.64. The van der Waals surface area contributed by atoms with E-state index in [9.17, 15) is 9.59 Å². The Balaban J connectivity index is 1.84. The maximum atomic E-state index is 12.5. The molecule has 27 heavy (non-hydrogen) atoms. The van der Waals surface area contributed by atoms with Crippen LogP contribution in [0.3, 0.4) is 0 Å². The summed E-state index contributed by atoms with van der Waals surface area (Å²) in [6.45, 7) is 2.14. The molecule has 1 aliphatic heterocycles. The van der Waals surface area contributed by atoms with Gasteiger partial charge in [0.15, 0.2) is 16.3 Å². The van der Waals surface area contributed by atoms with Gasteiger partial charge in [-0.15, -0.1) is 11.3 Å². The van der Waals surface area contributed by atoms with E-state index in [0.717, 1.165) is 14.0 Å². The molecule has 1 aliphatic rings. The van der Waals surface area contributed by atoms with Crippen LogP contribution in [0, 0.1) is 0 Å². The van der Waals surface area contributed by atoms with Crippen molar-refractivity contribution in [3.8, 4) is 11.5 Å². The maximum Gasteiger partial charge on any atom is 0.326 e. The standard InChI is InChI=1S/C17H13BrN2O5S2/c1-2-23-15(21)7-20-9-5-10-11(25-8-24-10)6-13(9)27-17(20)19-16(22)12-3-4-14(18)26-12/h3-6H,2,7-8H2,1H3. The number of hydrogen-bond donors (Lipinski definition) is 0. The smallest absolute Gasteiger partial charge is 0.326 e. The van der Waals surface area contributed by atoms with Gasteiger partial charge in [0.1, 0.15) is 6.54 Å². The van der Waals surface area contributed by atoms with Gasteiger partial charge >= 0.3 is 5.97 Å². The first-order chi connectivity index (χ1) is 13.0. The zero-order valence-electron chi connectivity index (χ0n) is 14.1. The van der Waals surface area contributed by atoms with Crippen molar-refractivity contribution in [2.45, 2.75) is 13.5 Å². The van der Waals surface area contributed by atoms with E-state index in [-0.39, 0.29) is 25.9 Å². The summed E-state index contributed by atoms with van der Waals surface area (Å²) in [5, 5.41) is 0. The molecular weight excluding hydrogens is 456 g/mol. The lowest BCUT2D eigenvalue weighted by atomic mass is 10.3. The predicted molar refractivity (Wildman–Crippen MR) is 104 cm³/mol. The molecule has 0 aliphatic carbocycles. The first-order valence-corrected chi connectivity index (χ1v) is 10.4. The second-order valence-electron chi connectivity index (χ2n) is 5.47. The summed E-state index contributed by atoms with van der Waals surface area (Å²) in [5.41, 5.74) is 0.733. The topological polar surface area (TPSA) is 79.1 Å². The molecule has 1 aromatic carbocycles. The number of esters is 1. The molecule has 4 rings (SSSR count). The van der Waals surface area contributed by atoms with Crippen LogP contribution in [0.4, 0.5) is 0 Å². The molecule has 0 unspecified atom stereocenters. The Morgan fingerprint density at radius 3 is 2.74 bits per heavy atom. The first kappa shape index (κ1) is 18.2. The minimum atomic E-state index is -0.400. The number of carbonyl (C=O) groups excluding carboxylic acids is 2. The Morgan fingerprint density at radius 1 is 1.26 bits per heavy atom. The van der Waals surface area contributed by atoms with Gasteiger partial charge in [0, 0.05) is 12.1 Å². The highest BCUT2D eigenvalue weighted by molar-refractivity contribution is 9.11. The van der Waals surface area contributed by atoms with Gasteiger partial charge in [-0.2, -0.15) is 4.99 Å². The van der Waals surface area contributed by atoms with E-state index in [1.807, 2.05) is 6.07 Å². The summed E-state index contributed by atoms with van der Waals surface area (Å²) in [4.78, 5) is 29.8. The zero-order chi connectivity index (χ0) is 19.0. The van der Waals surface area contributed by atoms with Crippen LogP contribution in [0.25, 0.3) is 10.2 Å². The summed E-state index contributed by atoms with van der Waals surface area (Å²) >= 11 is 5.95. The predicted octanol–water partition coefficient (Wildman–Crippen LogP) is 3.56. The summed E-state index contributed by atoms with van der Waals surface area (Å²) in [6, 6.07) is 7.12. The third-order valence-corrected chi connectivity index (χ3v) is 6.40. The van der Waals surface area contributed by atoms with Crippen molar-refractivity contribution in [3.05, 3.63) is 37.7 Å². The number of thiophene rings is 1. The Kier molecular flexibility index (Phi) is 5.02.